The lowest BCUT2D eigenvalue weighted by Gasteiger charge is -2.39. The molecule has 0 radical (unpaired) electrons. The number of carbonyl (C=O) groups is 5. The van der Waals surface area contributed by atoms with E-state index in [1.54, 1.807) is 4.90 Å². The number of Topliss-reactive ketones (excluding diaryl/α,β-unsaturated/α-hetero) is 3. The molecule has 0 spiro atoms. The maximum absolute atomic E-state index is 14.1. The minimum absolute atomic E-state index is 0.0112. The first kappa shape index (κ1) is 43.7. The van der Waals surface area contributed by atoms with Crippen LogP contribution in [0.15, 0.2) is 60.7 Å². The zero-order valence-corrected chi connectivity index (χ0v) is 32.8. The molecule has 6 N–H and O–H groups in total. The van der Waals surface area contributed by atoms with Crippen molar-refractivity contribution in [2.45, 2.75) is 110 Å². The van der Waals surface area contributed by atoms with E-state index < -0.39 is 23.4 Å². The van der Waals surface area contributed by atoms with Crippen LogP contribution >= 0.6 is 0 Å². The molecule has 4 atom stereocenters. The van der Waals surface area contributed by atoms with Crippen LogP contribution in [0.5, 0.6) is 0 Å². The van der Waals surface area contributed by atoms with Gasteiger partial charge in [0.1, 0.15) is 11.6 Å². The number of benzene rings is 2. The summed E-state index contributed by atoms with van der Waals surface area (Å²) < 4.78 is 0. The number of carbonyl (C=O) groups excluding carboxylic acids is 5. The minimum Gasteiger partial charge on any atom is -0.346 e. The summed E-state index contributed by atoms with van der Waals surface area (Å²) in [7, 11) is 0. The third kappa shape index (κ3) is 14.2. The highest BCUT2D eigenvalue weighted by molar-refractivity contribution is 5.94. The largest absolute Gasteiger partial charge is 0.346 e. The Hall–Kier alpha value is -3.73. The predicted octanol–water partition coefficient (Wildman–Crippen LogP) is 4.98. The zero-order valence-electron chi connectivity index (χ0n) is 32.8. The van der Waals surface area contributed by atoms with Gasteiger partial charge in [0.15, 0.2) is 5.78 Å². The molecule has 1 fully saturated rings. The second kappa shape index (κ2) is 21.8. The first-order valence-electron chi connectivity index (χ1n) is 19.7. The summed E-state index contributed by atoms with van der Waals surface area (Å²) in [6.45, 7) is 11.8. The van der Waals surface area contributed by atoms with Crippen molar-refractivity contribution >= 4 is 29.2 Å². The number of nitrogens with one attached hydrogen (secondary N) is 2. The van der Waals surface area contributed by atoms with Gasteiger partial charge in [-0.3, -0.25) is 24.0 Å². The van der Waals surface area contributed by atoms with Crippen LogP contribution in [0.1, 0.15) is 103 Å². The average molecular weight is 732 g/mol. The molecule has 1 aliphatic rings. The van der Waals surface area contributed by atoms with Crippen molar-refractivity contribution in [3.63, 3.8) is 0 Å². The van der Waals surface area contributed by atoms with E-state index in [0.717, 1.165) is 12.0 Å². The number of hydrogen-bond acceptors (Lipinski definition) is 8. The number of nitrogens with two attached hydrogens (primary N) is 2. The summed E-state index contributed by atoms with van der Waals surface area (Å²) in [5.41, 5.74) is 13.3. The highest BCUT2D eigenvalue weighted by Gasteiger charge is 2.38. The highest BCUT2D eigenvalue weighted by atomic mass is 16.2. The van der Waals surface area contributed by atoms with Crippen LogP contribution in [0.25, 0.3) is 0 Å². The van der Waals surface area contributed by atoms with Crippen LogP contribution < -0.4 is 22.1 Å². The quantitative estimate of drug-likeness (QED) is 0.116. The second-order valence-corrected chi connectivity index (χ2v) is 15.9. The molecule has 53 heavy (non-hydrogen) atoms. The van der Waals surface area contributed by atoms with E-state index in [4.69, 9.17) is 11.5 Å². The van der Waals surface area contributed by atoms with Gasteiger partial charge in [0, 0.05) is 44.3 Å². The van der Waals surface area contributed by atoms with Crippen LogP contribution in [0.2, 0.25) is 0 Å². The van der Waals surface area contributed by atoms with E-state index >= 15 is 0 Å². The van der Waals surface area contributed by atoms with Gasteiger partial charge in [-0.15, -0.1) is 0 Å². The van der Waals surface area contributed by atoms with Crippen LogP contribution in [0, 0.1) is 23.7 Å². The normalized spacial score (nSPS) is 16.5. The maximum atomic E-state index is 14.1. The predicted molar refractivity (Wildman–Crippen MR) is 211 cm³/mol. The molecule has 292 valence electrons. The van der Waals surface area contributed by atoms with Crippen LogP contribution in [0.3, 0.4) is 0 Å². The first-order chi connectivity index (χ1) is 25.2. The van der Waals surface area contributed by atoms with Crippen LogP contribution in [-0.2, 0) is 30.4 Å². The topological polar surface area (TPSA) is 165 Å². The lowest BCUT2D eigenvalue weighted by atomic mass is 9.84. The Kier molecular flexibility index (Phi) is 18.0. The number of amides is 2. The van der Waals surface area contributed by atoms with Gasteiger partial charge in [-0.05, 0) is 80.9 Å². The van der Waals surface area contributed by atoms with E-state index in [9.17, 15) is 24.0 Å². The SMILES string of the molecule is CC(=O)C1(N)CCN(C(=O)[C@@H](CCCCN)CC(=O)[C@@H](CC(C)C)NC(=O)[C@H](CC(=O)CNC[C@@H](c2ccccc2)C(C)C)Cc2ccccc2)CC1. The summed E-state index contributed by atoms with van der Waals surface area (Å²) in [4.78, 5) is 69.2. The molecule has 1 heterocycles. The fraction of sp³-hybridized carbons (Fsp3) is 0.605. The van der Waals surface area contributed by atoms with Gasteiger partial charge in [-0.25, -0.2) is 0 Å². The van der Waals surface area contributed by atoms with E-state index in [-0.39, 0.29) is 60.4 Å². The molecule has 0 aliphatic carbocycles. The monoisotopic (exact) mass is 731 g/mol. The Morgan fingerprint density at radius 1 is 0.849 bits per heavy atom. The third-order valence-electron chi connectivity index (χ3n) is 10.8. The molecule has 1 aliphatic heterocycles. The summed E-state index contributed by atoms with van der Waals surface area (Å²) in [6, 6.07) is 19.1. The average Bonchev–Trinajstić information content (AvgIpc) is 3.12. The Labute approximate surface area is 317 Å². The van der Waals surface area contributed by atoms with Crippen molar-refractivity contribution in [1.82, 2.24) is 15.5 Å². The molecule has 2 amide bonds. The minimum atomic E-state index is -0.930. The molecular formula is C43H65N5O5. The number of nitrogens with zero attached hydrogens (tertiary/aromatic N) is 1. The van der Waals surface area contributed by atoms with Gasteiger partial charge in [0.2, 0.25) is 11.8 Å². The van der Waals surface area contributed by atoms with Gasteiger partial charge in [0.25, 0.3) is 0 Å². The number of likely N-dealkylation sites (tertiary alicyclic amines) is 1. The molecule has 2 aromatic carbocycles. The van der Waals surface area contributed by atoms with Gasteiger partial charge >= 0.3 is 0 Å². The summed E-state index contributed by atoms with van der Waals surface area (Å²) in [6.07, 6.45) is 3.48. The van der Waals surface area contributed by atoms with Gasteiger partial charge in [-0.2, -0.15) is 0 Å². The molecule has 2 aromatic rings. The Morgan fingerprint density at radius 2 is 1.47 bits per heavy atom. The van der Waals surface area contributed by atoms with E-state index in [1.807, 2.05) is 62.4 Å². The van der Waals surface area contributed by atoms with Crippen molar-refractivity contribution < 1.29 is 24.0 Å². The van der Waals surface area contributed by atoms with E-state index in [1.165, 1.54) is 12.5 Å². The molecule has 0 saturated carbocycles. The van der Waals surface area contributed by atoms with Gasteiger partial charge < -0.3 is 27.0 Å². The van der Waals surface area contributed by atoms with Crippen molar-refractivity contribution in [2.24, 2.45) is 35.1 Å². The van der Waals surface area contributed by atoms with Gasteiger partial charge in [0.05, 0.1) is 18.1 Å². The van der Waals surface area contributed by atoms with Gasteiger partial charge in [-0.1, -0.05) is 94.8 Å². The molecule has 10 nitrogen and oxygen atoms in total. The Balaban J connectivity index is 1.73. The molecule has 0 bridgehead atoms. The van der Waals surface area contributed by atoms with Crippen molar-refractivity contribution in [1.29, 1.82) is 0 Å². The van der Waals surface area contributed by atoms with Crippen molar-refractivity contribution in [2.75, 3.05) is 32.7 Å². The first-order valence-corrected chi connectivity index (χ1v) is 19.7. The Bertz CT molecular complexity index is 1460. The lowest BCUT2D eigenvalue weighted by molar-refractivity contribution is -0.141. The number of hydrogen-bond donors (Lipinski definition) is 4. The number of piperidine rings is 1. The van der Waals surface area contributed by atoms with Crippen molar-refractivity contribution in [3.8, 4) is 0 Å². The number of rotatable bonds is 23. The molecule has 3 rings (SSSR count). The molecule has 1 saturated heterocycles. The van der Waals surface area contributed by atoms with E-state index in [2.05, 4.69) is 36.6 Å². The maximum Gasteiger partial charge on any atom is 0.226 e. The molecule has 0 aromatic heterocycles. The zero-order chi connectivity index (χ0) is 39.0. The standard InChI is InChI=1S/C43H65N5O5/c1-30(2)24-39(40(51)27-35(18-12-13-21-44)42(53)48-22-19-43(45,20-23-48)32(5)49)47-41(52)36(25-33-14-8-6-9-15-33)26-37(50)28-46-29-38(31(3)4)34-16-10-7-11-17-34/h6-11,14-17,30-31,35-36,38-39,46H,12-13,18-29,44-45H2,1-5H3,(H,47,52)/t35-,36-,38+,39+/m0/s1. The number of ketones is 3. The number of unbranched alkanes of at least 4 members (excludes halogenated alkanes) is 1. The second-order valence-electron chi connectivity index (χ2n) is 15.9. The van der Waals surface area contributed by atoms with Crippen molar-refractivity contribution in [3.05, 3.63) is 71.8 Å². The molecule has 0 unspecified atom stereocenters. The van der Waals surface area contributed by atoms with Crippen LogP contribution in [0.4, 0.5) is 0 Å². The van der Waals surface area contributed by atoms with Crippen LogP contribution in [-0.4, -0.2) is 78.4 Å². The smallest absolute Gasteiger partial charge is 0.226 e. The third-order valence-corrected chi connectivity index (χ3v) is 10.8. The Morgan fingerprint density at radius 3 is 2.04 bits per heavy atom. The fourth-order valence-electron chi connectivity index (χ4n) is 7.31. The fourth-order valence-corrected chi connectivity index (χ4v) is 7.31. The summed E-state index contributed by atoms with van der Waals surface area (Å²) >= 11 is 0. The summed E-state index contributed by atoms with van der Waals surface area (Å²) in [5.74, 6) is -1.33. The van der Waals surface area contributed by atoms with E-state index in [0.29, 0.717) is 70.6 Å². The highest BCUT2D eigenvalue weighted by Crippen LogP contribution is 2.26. The molecular weight excluding hydrogens is 667 g/mol. The lowest BCUT2D eigenvalue weighted by Crippen LogP contribution is -2.56. The molecule has 10 heteroatoms. The summed E-state index contributed by atoms with van der Waals surface area (Å²) in [5, 5.41) is 6.38.